The van der Waals surface area contributed by atoms with Gasteiger partial charge in [-0.3, -0.25) is 0 Å². The number of rotatable bonds is 7. The second-order valence-electron chi connectivity index (χ2n) is 6.41. The molecular formula is C20H19ClF3N5O. The summed E-state index contributed by atoms with van der Waals surface area (Å²) in [7, 11) is 0. The molecule has 0 saturated heterocycles. The molecule has 10 heteroatoms. The van der Waals surface area contributed by atoms with Crippen LogP contribution >= 0.6 is 11.6 Å². The molecule has 0 aliphatic carbocycles. The van der Waals surface area contributed by atoms with Crippen molar-refractivity contribution in [3.63, 3.8) is 0 Å². The first-order valence-electron chi connectivity index (χ1n) is 9.21. The molecule has 0 bridgehead atoms. The topological polar surface area (TPSA) is 72.8 Å². The molecule has 2 aromatic heterocycles. The van der Waals surface area contributed by atoms with Gasteiger partial charge >= 0.3 is 6.18 Å². The van der Waals surface area contributed by atoms with E-state index >= 15 is 0 Å². The second kappa shape index (κ2) is 9.25. The van der Waals surface area contributed by atoms with Crippen LogP contribution in [0.2, 0.25) is 5.02 Å². The molecule has 0 aliphatic heterocycles. The summed E-state index contributed by atoms with van der Waals surface area (Å²) >= 11 is 6.32. The summed E-state index contributed by atoms with van der Waals surface area (Å²) in [4.78, 5) is 8.65. The predicted octanol–water partition coefficient (Wildman–Crippen LogP) is 5.26. The third-order valence-corrected chi connectivity index (χ3v) is 4.55. The van der Waals surface area contributed by atoms with Gasteiger partial charge in [-0.1, -0.05) is 30.7 Å². The number of nitrogens with one attached hydrogen (secondary N) is 1. The van der Waals surface area contributed by atoms with Gasteiger partial charge in [0.25, 0.3) is 0 Å². The van der Waals surface area contributed by atoms with Crippen molar-refractivity contribution in [2.24, 2.45) is 0 Å². The monoisotopic (exact) mass is 437 g/mol. The number of ether oxygens (including phenoxy) is 1. The molecule has 3 rings (SSSR count). The van der Waals surface area contributed by atoms with Gasteiger partial charge < -0.3 is 10.1 Å². The SMILES string of the molecule is CCc1nc(C)nc(NCCc2ccc(Oc3ccc(C(F)(F)F)nn3)cc2)c1Cl. The van der Waals surface area contributed by atoms with Crippen molar-refractivity contribution in [3.05, 3.63) is 64.2 Å². The number of aryl methyl sites for hydroxylation is 2. The third kappa shape index (κ3) is 5.56. The Morgan fingerprint density at radius 1 is 1.03 bits per heavy atom. The van der Waals surface area contributed by atoms with E-state index < -0.39 is 11.9 Å². The van der Waals surface area contributed by atoms with Gasteiger partial charge in [-0.15, -0.1) is 10.2 Å². The number of alkyl halides is 3. The summed E-state index contributed by atoms with van der Waals surface area (Å²) in [6.07, 6.45) is -3.10. The molecular weight excluding hydrogens is 419 g/mol. The van der Waals surface area contributed by atoms with E-state index in [2.05, 4.69) is 25.5 Å². The first-order chi connectivity index (χ1) is 14.3. The molecule has 1 aromatic carbocycles. The lowest BCUT2D eigenvalue weighted by molar-refractivity contribution is -0.141. The van der Waals surface area contributed by atoms with E-state index in [-0.39, 0.29) is 5.88 Å². The highest BCUT2D eigenvalue weighted by Gasteiger charge is 2.33. The normalized spacial score (nSPS) is 11.4. The highest BCUT2D eigenvalue weighted by molar-refractivity contribution is 6.33. The fourth-order valence-electron chi connectivity index (χ4n) is 2.66. The van der Waals surface area contributed by atoms with Crippen molar-refractivity contribution >= 4 is 17.4 Å². The molecule has 0 unspecified atom stereocenters. The van der Waals surface area contributed by atoms with E-state index in [1.165, 1.54) is 0 Å². The van der Waals surface area contributed by atoms with Crippen LogP contribution in [-0.2, 0) is 19.0 Å². The maximum Gasteiger partial charge on any atom is 0.435 e. The van der Waals surface area contributed by atoms with Crippen LogP contribution in [0, 0.1) is 6.92 Å². The Hall–Kier alpha value is -2.94. The Labute approximate surface area is 176 Å². The van der Waals surface area contributed by atoms with Crippen LogP contribution in [-0.4, -0.2) is 26.7 Å². The number of benzene rings is 1. The van der Waals surface area contributed by atoms with Gasteiger partial charge in [0.05, 0.1) is 5.69 Å². The molecule has 1 N–H and O–H groups in total. The maximum absolute atomic E-state index is 12.5. The van der Waals surface area contributed by atoms with Crippen LogP contribution in [0.15, 0.2) is 36.4 Å². The van der Waals surface area contributed by atoms with Crippen LogP contribution in [0.4, 0.5) is 19.0 Å². The zero-order valence-corrected chi connectivity index (χ0v) is 17.1. The van der Waals surface area contributed by atoms with E-state index in [0.717, 1.165) is 29.8 Å². The van der Waals surface area contributed by atoms with Gasteiger partial charge in [0.1, 0.15) is 22.4 Å². The fraction of sp³-hybridized carbons (Fsp3) is 0.300. The lowest BCUT2D eigenvalue weighted by atomic mass is 10.1. The highest BCUT2D eigenvalue weighted by Crippen LogP contribution is 2.28. The molecule has 2 heterocycles. The van der Waals surface area contributed by atoms with Crippen LogP contribution in [0.3, 0.4) is 0 Å². The first kappa shape index (κ1) is 21.8. The van der Waals surface area contributed by atoms with Gasteiger partial charge in [-0.2, -0.15) is 13.2 Å². The number of hydrogen-bond acceptors (Lipinski definition) is 6. The summed E-state index contributed by atoms with van der Waals surface area (Å²) < 4.78 is 43.0. The quantitative estimate of drug-likeness (QED) is 0.543. The number of nitrogens with zero attached hydrogens (tertiary/aromatic N) is 4. The number of aromatic nitrogens is 4. The minimum absolute atomic E-state index is 0.0158. The Kier molecular flexibility index (Phi) is 6.71. The number of halogens is 4. The largest absolute Gasteiger partial charge is 0.438 e. The molecule has 3 aromatic rings. The van der Waals surface area contributed by atoms with Crippen molar-refractivity contribution in [3.8, 4) is 11.6 Å². The Morgan fingerprint density at radius 3 is 2.37 bits per heavy atom. The summed E-state index contributed by atoms with van der Waals surface area (Å²) in [6, 6.07) is 9.10. The van der Waals surface area contributed by atoms with Crippen molar-refractivity contribution < 1.29 is 17.9 Å². The van der Waals surface area contributed by atoms with Crippen molar-refractivity contribution in [1.29, 1.82) is 0 Å². The summed E-state index contributed by atoms with van der Waals surface area (Å²) in [6.45, 7) is 4.42. The van der Waals surface area contributed by atoms with Crippen LogP contribution in [0.5, 0.6) is 11.6 Å². The van der Waals surface area contributed by atoms with Gasteiger partial charge in [-0.25, -0.2) is 9.97 Å². The smallest absolute Gasteiger partial charge is 0.435 e. The van der Waals surface area contributed by atoms with Gasteiger partial charge in [0, 0.05) is 12.6 Å². The van der Waals surface area contributed by atoms with Crippen molar-refractivity contribution in [1.82, 2.24) is 20.2 Å². The van der Waals surface area contributed by atoms with Crippen LogP contribution < -0.4 is 10.1 Å². The molecule has 0 amide bonds. The summed E-state index contributed by atoms with van der Waals surface area (Å²) in [5, 5.41) is 10.3. The molecule has 0 fully saturated rings. The lowest BCUT2D eigenvalue weighted by Gasteiger charge is -2.11. The highest BCUT2D eigenvalue weighted by atomic mass is 35.5. The van der Waals surface area contributed by atoms with E-state index in [4.69, 9.17) is 16.3 Å². The van der Waals surface area contributed by atoms with Crippen LogP contribution in [0.25, 0.3) is 0 Å². The predicted molar refractivity (Wildman–Crippen MR) is 107 cm³/mol. The Balaban J connectivity index is 1.56. The maximum atomic E-state index is 12.5. The van der Waals surface area contributed by atoms with E-state index in [0.29, 0.717) is 35.4 Å². The van der Waals surface area contributed by atoms with E-state index in [9.17, 15) is 13.2 Å². The second-order valence-corrected chi connectivity index (χ2v) is 6.79. The lowest BCUT2D eigenvalue weighted by Crippen LogP contribution is -2.09. The number of anilines is 1. The standard InChI is InChI=1S/C20H19ClF3N5O/c1-3-15-18(21)19(27-12(2)26-15)25-11-10-13-4-6-14(7-5-13)30-17-9-8-16(28-29-17)20(22,23)24/h4-9H,3,10-11H2,1-2H3,(H,25,26,27). The molecule has 30 heavy (non-hydrogen) atoms. The van der Waals surface area contributed by atoms with Gasteiger partial charge in [0.2, 0.25) is 5.88 Å². The van der Waals surface area contributed by atoms with Crippen molar-refractivity contribution in [2.75, 3.05) is 11.9 Å². The Morgan fingerprint density at radius 2 is 1.77 bits per heavy atom. The molecule has 0 atom stereocenters. The van der Waals surface area contributed by atoms with Gasteiger partial charge in [0.15, 0.2) is 5.69 Å². The average Bonchev–Trinajstić information content (AvgIpc) is 2.71. The zero-order valence-electron chi connectivity index (χ0n) is 16.3. The van der Waals surface area contributed by atoms with Gasteiger partial charge in [-0.05, 0) is 43.5 Å². The van der Waals surface area contributed by atoms with E-state index in [1.807, 2.05) is 26.0 Å². The van der Waals surface area contributed by atoms with E-state index in [1.54, 1.807) is 12.1 Å². The summed E-state index contributed by atoms with van der Waals surface area (Å²) in [5.74, 6) is 1.70. The summed E-state index contributed by atoms with van der Waals surface area (Å²) in [5.41, 5.74) is 0.772. The van der Waals surface area contributed by atoms with Crippen LogP contribution in [0.1, 0.15) is 29.7 Å². The molecule has 0 saturated carbocycles. The minimum atomic E-state index is -4.53. The average molecular weight is 438 g/mol. The first-order valence-corrected chi connectivity index (χ1v) is 9.58. The molecule has 0 aliphatic rings. The zero-order chi connectivity index (χ0) is 21.7. The minimum Gasteiger partial charge on any atom is -0.438 e. The molecule has 0 spiro atoms. The van der Waals surface area contributed by atoms with Crippen molar-refractivity contribution in [2.45, 2.75) is 32.9 Å². The number of hydrogen-bond donors (Lipinski definition) is 1. The fourth-order valence-corrected chi connectivity index (χ4v) is 2.95. The third-order valence-electron chi connectivity index (χ3n) is 4.15. The molecule has 0 radical (unpaired) electrons. The molecule has 158 valence electrons. The molecule has 6 nitrogen and oxygen atoms in total. The Bertz CT molecular complexity index is 995.